The molecule has 0 bridgehead atoms. The molecule has 0 N–H and O–H groups in total. The summed E-state index contributed by atoms with van der Waals surface area (Å²) in [5.41, 5.74) is 0.924. The molecule has 1 heterocycles. The smallest absolute Gasteiger partial charge is 0.171 e. The van der Waals surface area contributed by atoms with Gasteiger partial charge in [-0.1, -0.05) is 15.9 Å². The van der Waals surface area contributed by atoms with Gasteiger partial charge in [0.05, 0.1) is 12.7 Å². The van der Waals surface area contributed by atoms with Crippen molar-refractivity contribution in [2.24, 2.45) is 0 Å². The lowest BCUT2D eigenvalue weighted by molar-refractivity contribution is 0.0993. The topological polar surface area (TPSA) is 35.5 Å². The van der Waals surface area contributed by atoms with Gasteiger partial charge in [0.15, 0.2) is 17.3 Å². The van der Waals surface area contributed by atoms with Gasteiger partial charge in [-0.05, 0) is 30.3 Å². The van der Waals surface area contributed by atoms with Crippen molar-refractivity contribution < 1.29 is 18.7 Å². The van der Waals surface area contributed by atoms with Gasteiger partial charge >= 0.3 is 0 Å². The molecule has 3 nitrogen and oxygen atoms in total. The van der Waals surface area contributed by atoms with E-state index in [4.69, 9.17) is 9.47 Å². The van der Waals surface area contributed by atoms with Crippen LogP contribution < -0.4 is 9.47 Å². The molecule has 2 aromatic rings. The zero-order chi connectivity index (χ0) is 14.3. The van der Waals surface area contributed by atoms with Crippen LogP contribution in [0.1, 0.15) is 15.9 Å². The van der Waals surface area contributed by atoms with E-state index >= 15 is 0 Å². The Morgan fingerprint density at radius 2 is 2.10 bits per heavy atom. The summed E-state index contributed by atoms with van der Waals surface area (Å²) in [5, 5.41) is 0. The molecule has 0 fully saturated rings. The first-order valence-corrected chi connectivity index (χ1v) is 6.75. The number of carbonyl (C=O) groups is 1. The van der Waals surface area contributed by atoms with Gasteiger partial charge in [0.25, 0.3) is 0 Å². The van der Waals surface area contributed by atoms with E-state index in [-0.39, 0.29) is 18.0 Å². The molecule has 20 heavy (non-hydrogen) atoms. The maximum atomic E-state index is 14.0. The normalized spacial score (nSPS) is 13.1. The second kappa shape index (κ2) is 4.90. The highest BCUT2D eigenvalue weighted by Crippen LogP contribution is 2.38. The van der Waals surface area contributed by atoms with Crippen LogP contribution in [0.3, 0.4) is 0 Å². The number of hydrogen-bond donors (Lipinski definition) is 0. The molecule has 2 aromatic carbocycles. The summed E-state index contributed by atoms with van der Waals surface area (Å²) in [6.07, 6.45) is 0.0891. The van der Waals surface area contributed by atoms with Crippen LogP contribution in [0.25, 0.3) is 0 Å². The molecule has 3 rings (SSSR count). The van der Waals surface area contributed by atoms with E-state index in [0.717, 1.165) is 0 Å². The van der Waals surface area contributed by atoms with Crippen molar-refractivity contribution >= 4 is 21.7 Å². The molecule has 1 aliphatic rings. The second-order valence-corrected chi connectivity index (χ2v) is 5.36. The monoisotopic (exact) mass is 336 g/mol. The summed E-state index contributed by atoms with van der Waals surface area (Å²) >= 11 is 3.22. The number of rotatable bonds is 1. The Morgan fingerprint density at radius 1 is 1.30 bits per heavy atom. The van der Waals surface area contributed by atoms with Crippen molar-refractivity contribution in [1.29, 1.82) is 0 Å². The van der Waals surface area contributed by atoms with E-state index in [1.807, 2.05) is 0 Å². The number of ether oxygens (including phenoxy) is 2. The molecule has 0 saturated heterocycles. The number of methoxy groups -OCH3 is 1. The van der Waals surface area contributed by atoms with Crippen molar-refractivity contribution in [3.63, 3.8) is 0 Å². The van der Waals surface area contributed by atoms with Gasteiger partial charge in [-0.15, -0.1) is 0 Å². The standard InChI is InChI=1S/C15H10BrFO3/c1-19-10-2-3-14-11(7-10)13(18)5-8-4-9(16)6-12(17)15(8)20-14/h2-4,6-7H,5H2,1H3. The van der Waals surface area contributed by atoms with Gasteiger partial charge in [0, 0.05) is 16.5 Å². The summed E-state index contributed by atoms with van der Waals surface area (Å²) in [4.78, 5) is 12.3. The number of fused-ring (bicyclic) bond motifs is 2. The molecule has 5 heteroatoms. The lowest BCUT2D eigenvalue weighted by Crippen LogP contribution is -2.02. The largest absolute Gasteiger partial charge is 0.497 e. The summed E-state index contributed by atoms with van der Waals surface area (Å²) in [6.45, 7) is 0. The van der Waals surface area contributed by atoms with Gasteiger partial charge in [0.1, 0.15) is 11.5 Å². The Kier molecular flexibility index (Phi) is 3.22. The van der Waals surface area contributed by atoms with E-state index in [0.29, 0.717) is 27.1 Å². The highest BCUT2D eigenvalue weighted by atomic mass is 79.9. The first kappa shape index (κ1) is 13.1. The Balaban J connectivity index is 2.16. The summed E-state index contributed by atoms with van der Waals surface area (Å²) in [7, 11) is 1.52. The van der Waals surface area contributed by atoms with Crippen LogP contribution in [0.5, 0.6) is 17.2 Å². The molecule has 1 aliphatic heterocycles. The number of halogens is 2. The number of ketones is 1. The van der Waals surface area contributed by atoms with Crippen molar-refractivity contribution in [1.82, 2.24) is 0 Å². The molecule has 0 aliphatic carbocycles. The Morgan fingerprint density at radius 3 is 2.85 bits per heavy atom. The van der Waals surface area contributed by atoms with Gasteiger partial charge in [0.2, 0.25) is 0 Å². The van der Waals surface area contributed by atoms with E-state index < -0.39 is 5.82 Å². The Bertz CT molecular complexity index is 713. The maximum absolute atomic E-state index is 14.0. The molecule has 0 atom stereocenters. The highest BCUT2D eigenvalue weighted by Gasteiger charge is 2.24. The minimum absolute atomic E-state index is 0.0891. The summed E-state index contributed by atoms with van der Waals surface area (Å²) < 4.78 is 25.3. The number of carbonyl (C=O) groups excluding carboxylic acids is 1. The van der Waals surface area contributed by atoms with Crippen LogP contribution in [0.15, 0.2) is 34.8 Å². The molecule has 102 valence electrons. The van der Waals surface area contributed by atoms with E-state index in [1.165, 1.54) is 13.2 Å². The quantitative estimate of drug-likeness (QED) is 0.785. The average Bonchev–Trinajstić information content (AvgIpc) is 2.55. The van der Waals surface area contributed by atoms with Crippen molar-refractivity contribution in [3.05, 3.63) is 51.7 Å². The number of Topliss-reactive ketones (excluding diaryl/α,β-unsaturated/α-hetero) is 1. The first-order chi connectivity index (χ1) is 9.58. The zero-order valence-electron chi connectivity index (χ0n) is 10.6. The first-order valence-electron chi connectivity index (χ1n) is 5.95. The molecular weight excluding hydrogens is 327 g/mol. The summed E-state index contributed by atoms with van der Waals surface area (Å²) in [5.74, 6) is 0.385. The van der Waals surface area contributed by atoms with Gasteiger partial charge in [-0.25, -0.2) is 4.39 Å². The lowest BCUT2D eigenvalue weighted by atomic mass is 10.0. The number of hydrogen-bond acceptors (Lipinski definition) is 3. The molecule has 0 aromatic heterocycles. The van der Waals surface area contributed by atoms with Crippen molar-refractivity contribution in [3.8, 4) is 17.2 Å². The summed E-state index contributed by atoms with van der Waals surface area (Å²) in [6, 6.07) is 7.91. The van der Waals surface area contributed by atoms with Crippen LogP contribution >= 0.6 is 15.9 Å². The molecule has 0 saturated carbocycles. The fraction of sp³-hybridized carbons (Fsp3) is 0.133. The minimum atomic E-state index is -0.495. The van der Waals surface area contributed by atoms with Crippen molar-refractivity contribution in [2.45, 2.75) is 6.42 Å². The van der Waals surface area contributed by atoms with Crippen LogP contribution in [0, 0.1) is 5.82 Å². The van der Waals surface area contributed by atoms with Crippen molar-refractivity contribution in [2.75, 3.05) is 7.11 Å². The zero-order valence-corrected chi connectivity index (χ0v) is 12.2. The maximum Gasteiger partial charge on any atom is 0.171 e. The van der Waals surface area contributed by atoms with Gasteiger partial charge < -0.3 is 9.47 Å². The average molecular weight is 337 g/mol. The van der Waals surface area contributed by atoms with Gasteiger partial charge in [-0.3, -0.25) is 4.79 Å². The van der Waals surface area contributed by atoms with Crippen LogP contribution in [-0.4, -0.2) is 12.9 Å². The second-order valence-electron chi connectivity index (χ2n) is 4.44. The Hall–Kier alpha value is -1.88. The third-order valence-electron chi connectivity index (χ3n) is 3.14. The van der Waals surface area contributed by atoms with Crippen LogP contribution in [-0.2, 0) is 6.42 Å². The van der Waals surface area contributed by atoms with E-state index in [9.17, 15) is 9.18 Å². The fourth-order valence-corrected chi connectivity index (χ4v) is 2.66. The minimum Gasteiger partial charge on any atom is -0.497 e. The third kappa shape index (κ3) is 2.18. The van der Waals surface area contributed by atoms with Crippen LogP contribution in [0.4, 0.5) is 4.39 Å². The van der Waals surface area contributed by atoms with E-state index in [1.54, 1.807) is 24.3 Å². The van der Waals surface area contributed by atoms with E-state index in [2.05, 4.69) is 15.9 Å². The predicted octanol–water partition coefficient (Wildman–Crippen LogP) is 4.13. The van der Waals surface area contributed by atoms with Crippen LogP contribution in [0.2, 0.25) is 0 Å². The number of benzene rings is 2. The SMILES string of the molecule is COc1ccc2c(c1)C(=O)Cc1cc(Br)cc(F)c1O2. The molecule has 0 amide bonds. The molecule has 0 radical (unpaired) electrons. The predicted molar refractivity (Wildman–Crippen MR) is 75.2 cm³/mol. The molecular formula is C15H10BrFO3. The Labute approximate surface area is 123 Å². The molecule has 0 unspecified atom stereocenters. The fourth-order valence-electron chi connectivity index (χ4n) is 2.18. The molecule has 0 spiro atoms. The van der Waals surface area contributed by atoms with Gasteiger partial charge in [-0.2, -0.15) is 0 Å². The third-order valence-corrected chi connectivity index (χ3v) is 3.59. The lowest BCUT2D eigenvalue weighted by Gasteiger charge is -2.10. The highest BCUT2D eigenvalue weighted by molar-refractivity contribution is 9.10.